The first-order valence-corrected chi connectivity index (χ1v) is 6.04. The van der Waals surface area contributed by atoms with E-state index in [4.69, 9.17) is 10.4 Å². The van der Waals surface area contributed by atoms with Crippen molar-refractivity contribution in [3.05, 3.63) is 0 Å². The largest absolute Gasteiger partial charge is 0.395 e. The monoisotopic (exact) mass is 225 g/mol. The molecule has 0 aromatic heterocycles. The van der Waals surface area contributed by atoms with Gasteiger partial charge in [-0.05, 0) is 26.8 Å². The third-order valence-corrected chi connectivity index (χ3v) is 3.24. The molecule has 0 bridgehead atoms. The van der Waals surface area contributed by atoms with Crippen molar-refractivity contribution >= 4 is 0 Å². The highest BCUT2D eigenvalue weighted by Crippen LogP contribution is 2.19. The van der Waals surface area contributed by atoms with Gasteiger partial charge in [0.15, 0.2) is 0 Å². The van der Waals surface area contributed by atoms with E-state index in [1.54, 1.807) is 0 Å². The molecule has 0 spiro atoms. The summed E-state index contributed by atoms with van der Waals surface area (Å²) in [5.74, 6) is 0. The lowest BCUT2D eigenvalue weighted by Crippen LogP contribution is -2.47. The van der Waals surface area contributed by atoms with Gasteiger partial charge in [0.2, 0.25) is 0 Å². The Labute approximate surface area is 98.5 Å². The summed E-state index contributed by atoms with van der Waals surface area (Å²) >= 11 is 0. The molecule has 0 amide bonds. The highest BCUT2D eigenvalue weighted by molar-refractivity contribution is 4.92. The van der Waals surface area contributed by atoms with E-state index >= 15 is 0 Å². The molecular formula is C12H23N3O. The first-order chi connectivity index (χ1) is 7.57. The average Bonchev–Trinajstić information content (AvgIpc) is 2.29. The summed E-state index contributed by atoms with van der Waals surface area (Å²) in [4.78, 5) is 4.69. The van der Waals surface area contributed by atoms with E-state index in [9.17, 15) is 0 Å². The van der Waals surface area contributed by atoms with Gasteiger partial charge in [0.05, 0.1) is 18.1 Å². The smallest absolute Gasteiger partial charge is 0.0684 e. The van der Waals surface area contributed by atoms with Crippen LogP contribution in [0.15, 0.2) is 0 Å². The summed E-state index contributed by atoms with van der Waals surface area (Å²) in [7, 11) is 0. The number of rotatable bonds is 5. The standard InChI is InChI=1S/C12H23N3O/c1-12(2,11-13)3-4-14-5-7-15(8-6-14)9-10-16/h16H,3-10H2,1-2H3. The second kappa shape index (κ2) is 6.19. The zero-order valence-corrected chi connectivity index (χ0v) is 10.4. The van der Waals surface area contributed by atoms with Crippen molar-refractivity contribution in [1.29, 1.82) is 5.26 Å². The maximum absolute atomic E-state index is 8.93. The third-order valence-electron chi connectivity index (χ3n) is 3.24. The Morgan fingerprint density at radius 1 is 1.12 bits per heavy atom. The Morgan fingerprint density at radius 2 is 1.62 bits per heavy atom. The van der Waals surface area contributed by atoms with Crippen LogP contribution in [0.2, 0.25) is 0 Å². The molecule has 0 aromatic carbocycles. The van der Waals surface area contributed by atoms with Crippen molar-refractivity contribution in [2.24, 2.45) is 5.41 Å². The van der Waals surface area contributed by atoms with Crippen molar-refractivity contribution in [1.82, 2.24) is 9.80 Å². The normalized spacial score (nSPS) is 19.6. The van der Waals surface area contributed by atoms with Crippen LogP contribution in [0.4, 0.5) is 0 Å². The molecule has 4 heteroatoms. The van der Waals surface area contributed by atoms with Gasteiger partial charge in [-0.3, -0.25) is 4.90 Å². The molecule has 1 aliphatic rings. The Balaban J connectivity index is 2.20. The molecule has 1 heterocycles. The fourth-order valence-corrected chi connectivity index (χ4v) is 1.87. The van der Waals surface area contributed by atoms with Crippen molar-refractivity contribution in [2.45, 2.75) is 20.3 Å². The van der Waals surface area contributed by atoms with Gasteiger partial charge in [0.1, 0.15) is 0 Å². The number of nitrogens with zero attached hydrogens (tertiary/aromatic N) is 3. The maximum Gasteiger partial charge on any atom is 0.0684 e. The SMILES string of the molecule is CC(C)(C#N)CCN1CCN(CCO)CC1. The maximum atomic E-state index is 8.93. The molecule has 0 atom stereocenters. The summed E-state index contributed by atoms with van der Waals surface area (Å²) in [5.41, 5.74) is -0.206. The molecule has 0 radical (unpaired) electrons. The number of β-amino-alcohol motifs (C(OH)–C–C–N with tert-alkyl or cyclic N) is 1. The summed E-state index contributed by atoms with van der Waals surface area (Å²) < 4.78 is 0. The minimum atomic E-state index is -0.206. The van der Waals surface area contributed by atoms with Crippen LogP contribution in [0.5, 0.6) is 0 Å². The van der Waals surface area contributed by atoms with Gasteiger partial charge in [0.25, 0.3) is 0 Å². The van der Waals surface area contributed by atoms with Gasteiger partial charge in [-0.15, -0.1) is 0 Å². The van der Waals surface area contributed by atoms with Crippen LogP contribution < -0.4 is 0 Å². The molecular weight excluding hydrogens is 202 g/mol. The highest BCUT2D eigenvalue weighted by Gasteiger charge is 2.21. The molecule has 4 nitrogen and oxygen atoms in total. The van der Waals surface area contributed by atoms with Crippen LogP contribution in [0.1, 0.15) is 20.3 Å². The number of hydrogen-bond acceptors (Lipinski definition) is 4. The van der Waals surface area contributed by atoms with Crippen molar-refractivity contribution < 1.29 is 5.11 Å². The molecule has 92 valence electrons. The van der Waals surface area contributed by atoms with Crippen LogP contribution in [0.25, 0.3) is 0 Å². The van der Waals surface area contributed by atoms with Gasteiger partial charge >= 0.3 is 0 Å². The lowest BCUT2D eigenvalue weighted by molar-refractivity contribution is 0.107. The Bertz CT molecular complexity index is 239. The van der Waals surface area contributed by atoms with Crippen LogP contribution in [0.3, 0.4) is 0 Å². The number of aliphatic hydroxyl groups is 1. The van der Waals surface area contributed by atoms with Crippen LogP contribution in [0, 0.1) is 16.7 Å². The van der Waals surface area contributed by atoms with E-state index in [-0.39, 0.29) is 12.0 Å². The topological polar surface area (TPSA) is 50.5 Å². The second-order valence-corrected chi connectivity index (χ2v) is 5.15. The minimum Gasteiger partial charge on any atom is -0.395 e. The molecule has 1 fully saturated rings. The molecule has 1 N–H and O–H groups in total. The van der Waals surface area contributed by atoms with Crippen LogP contribution >= 0.6 is 0 Å². The fourth-order valence-electron chi connectivity index (χ4n) is 1.87. The van der Waals surface area contributed by atoms with E-state index in [1.807, 2.05) is 13.8 Å². The highest BCUT2D eigenvalue weighted by atomic mass is 16.3. The molecule has 1 rings (SSSR count). The van der Waals surface area contributed by atoms with Crippen molar-refractivity contribution in [3.8, 4) is 6.07 Å². The van der Waals surface area contributed by atoms with Gasteiger partial charge in [-0.2, -0.15) is 5.26 Å². The predicted octanol–water partition coefficient (Wildman–Crippen LogP) is 0.536. The summed E-state index contributed by atoms with van der Waals surface area (Å²) in [5, 5.41) is 17.8. The fraction of sp³-hybridized carbons (Fsp3) is 0.917. The van der Waals surface area contributed by atoms with Gasteiger partial charge in [-0.1, -0.05) is 0 Å². The number of nitriles is 1. The quantitative estimate of drug-likeness (QED) is 0.742. The molecule has 1 aliphatic heterocycles. The second-order valence-electron chi connectivity index (χ2n) is 5.15. The zero-order chi connectivity index (χ0) is 12.0. The lowest BCUT2D eigenvalue weighted by atomic mass is 9.91. The van der Waals surface area contributed by atoms with E-state index < -0.39 is 0 Å². The van der Waals surface area contributed by atoms with Crippen molar-refractivity contribution in [2.75, 3.05) is 45.9 Å². The van der Waals surface area contributed by atoms with E-state index in [0.717, 1.165) is 45.7 Å². The Hall–Kier alpha value is -0.630. The molecule has 0 aliphatic carbocycles. The summed E-state index contributed by atoms with van der Waals surface area (Å²) in [6.07, 6.45) is 0.934. The van der Waals surface area contributed by atoms with E-state index in [0.29, 0.717) is 0 Å². The lowest BCUT2D eigenvalue weighted by Gasteiger charge is -2.35. The number of aliphatic hydroxyl groups excluding tert-OH is 1. The summed E-state index contributed by atoms with van der Waals surface area (Å²) in [6, 6.07) is 2.34. The minimum absolute atomic E-state index is 0.206. The van der Waals surface area contributed by atoms with E-state index in [1.165, 1.54) is 0 Å². The molecule has 0 saturated carbocycles. The van der Waals surface area contributed by atoms with Crippen molar-refractivity contribution in [3.63, 3.8) is 0 Å². The Morgan fingerprint density at radius 3 is 2.06 bits per heavy atom. The Kier molecular flexibility index (Phi) is 5.20. The van der Waals surface area contributed by atoms with Crippen LogP contribution in [-0.2, 0) is 0 Å². The molecule has 16 heavy (non-hydrogen) atoms. The third kappa shape index (κ3) is 4.48. The van der Waals surface area contributed by atoms with Crippen LogP contribution in [-0.4, -0.2) is 60.8 Å². The summed E-state index contributed by atoms with van der Waals surface area (Å²) in [6.45, 7) is 10.2. The molecule has 0 aromatic rings. The number of piperazine rings is 1. The first-order valence-electron chi connectivity index (χ1n) is 6.04. The molecule has 0 unspecified atom stereocenters. The van der Waals surface area contributed by atoms with Gasteiger partial charge in [0, 0.05) is 32.7 Å². The van der Waals surface area contributed by atoms with Gasteiger partial charge < -0.3 is 10.0 Å². The first kappa shape index (κ1) is 13.4. The average molecular weight is 225 g/mol. The number of hydrogen-bond donors (Lipinski definition) is 1. The zero-order valence-electron chi connectivity index (χ0n) is 10.4. The predicted molar refractivity (Wildman–Crippen MR) is 64.0 cm³/mol. The van der Waals surface area contributed by atoms with Gasteiger partial charge in [-0.25, -0.2) is 0 Å². The molecule has 1 saturated heterocycles. The van der Waals surface area contributed by atoms with E-state index in [2.05, 4.69) is 15.9 Å².